The van der Waals surface area contributed by atoms with Gasteiger partial charge in [0.1, 0.15) is 0 Å². The van der Waals surface area contributed by atoms with Crippen LogP contribution in [0.4, 0.5) is 0 Å². The molecule has 3 nitrogen and oxygen atoms in total. The van der Waals surface area contributed by atoms with Crippen molar-refractivity contribution in [3.8, 4) is 0 Å². The molecule has 1 aliphatic heterocycles. The lowest BCUT2D eigenvalue weighted by atomic mass is 10.0. The van der Waals surface area contributed by atoms with E-state index in [1.807, 2.05) is 13.8 Å². The molecule has 1 heterocycles. The van der Waals surface area contributed by atoms with Gasteiger partial charge in [0.15, 0.2) is 0 Å². The number of hydrogen-bond acceptors (Lipinski definition) is 3. The molecule has 1 saturated heterocycles. The Morgan fingerprint density at radius 2 is 2.00 bits per heavy atom. The first-order valence-corrected chi connectivity index (χ1v) is 6.03. The van der Waals surface area contributed by atoms with Crippen LogP contribution >= 0.6 is 0 Å². The van der Waals surface area contributed by atoms with E-state index in [-0.39, 0.29) is 0 Å². The number of likely N-dealkylation sites (N-methyl/N-ethyl adjacent to an activating group) is 1. The average molecular weight is 214 g/mol. The molecule has 1 atom stereocenters. The number of hydrogen-bond donors (Lipinski definition) is 1. The van der Waals surface area contributed by atoms with Gasteiger partial charge in [0.25, 0.3) is 0 Å². The van der Waals surface area contributed by atoms with E-state index in [2.05, 4.69) is 23.8 Å². The fraction of sp³-hybridized carbons (Fsp3) is 1.00. The molecular weight excluding hydrogens is 188 g/mol. The van der Waals surface area contributed by atoms with Gasteiger partial charge in [0, 0.05) is 19.1 Å². The highest BCUT2D eigenvalue weighted by atomic mass is 16.3. The maximum absolute atomic E-state index is 9.72. The van der Waals surface area contributed by atoms with Gasteiger partial charge in [0.05, 0.1) is 5.60 Å². The van der Waals surface area contributed by atoms with Crippen LogP contribution in [0.3, 0.4) is 0 Å². The molecule has 0 aromatic rings. The molecule has 0 saturated carbocycles. The Hall–Kier alpha value is -0.120. The summed E-state index contributed by atoms with van der Waals surface area (Å²) in [5, 5.41) is 9.72. The van der Waals surface area contributed by atoms with Crippen molar-refractivity contribution >= 4 is 0 Å². The molecule has 3 heteroatoms. The average Bonchev–Trinajstić information content (AvgIpc) is 2.22. The Morgan fingerprint density at radius 1 is 1.33 bits per heavy atom. The fourth-order valence-corrected chi connectivity index (χ4v) is 2.17. The summed E-state index contributed by atoms with van der Waals surface area (Å²) in [6.07, 6.45) is 2.10. The van der Waals surface area contributed by atoms with Gasteiger partial charge in [-0.2, -0.15) is 0 Å². The second kappa shape index (κ2) is 5.28. The van der Waals surface area contributed by atoms with E-state index in [9.17, 15) is 5.11 Å². The fourth-order valence-electron chi connectivity index (χ4n) is 2.17. The predicted octanol–water partition coefficient (Wildman–Crippen LogP) is 1.17. The van der Waals surface area contributed by atoms with E-state index >= 15 is 0 Å². The molecular formula is C12H26N2O. The summed E-state index contributed by atoms with van der Waals surface area (Å²) in [5.41, 5.74) is -0.530. The Morgan fingerprint density at radius 3 is 2.60 bits per heavy atom. The van der Waals surface area contributed by atoms with Crippen LogP contribution < -0.4 is 0 Å². The minimum atomic E-state index is -0.530. The normalized spacial score (nSPS) is 26.6. The van der Waals surface area contributed by atoms with Crippen molar-refractivity contribution in [1.29, 1.82) is 0 Å². The zero-order valence-electron chi connectivity index (χ0n) is 10.7. The summed E-state index contributed by atoms with van der Waals surface area (Å²) in [4.78, 5) is 4.90. The molecule has 1 N–H and O–H groups in total. The Bertz CT molecular complexity index is 189. The van der Waals surface area contributed by atoms with Gasteiger partial charge in [-0.3, -0.25) is 4.90 Å². The van der Waals surface area contributed by atoms with Crippen LogP contribution in [-0.4, -0.2) is 59.8 Å². The van der Waals surface area contributed by atoms with Crippen LogP contribution in [0.25, 0.3) is 0 Å². The van der Waals surface area contributed by atoms with E-state index in [1.165, 1.54) is 19.5 Å². The number of nitrogens with zero attached hydrogens (tertiary/aromatic N) is 2. The molecule has 0 aromatic heterocycles. The smallest absolute Gasteiger partial charge is 0.0603 e. The van der Waals surface area contributed by atoms with Gasteiger partial charge in [-0.15, -0.1) is 0 Å². The third-order valence-electron chi connectivity index (χ3n) is 3.20. The van der Waals surface area contributed by atoms with Crippen LogP contribution in [0.2, 0.25) is 0 Å². The highest BCUT2D eigenvalue weighted by Crippen LogP contribution is 2.13. The third kappa shape index (κ3) is 4.96. The Labute approximate surface area is 94.1 Å². The quantitative estimate of drug-likeness (QED) is 0.764. The first kappa shape index (κ1) is 12.9. The van der Waals surface area contributed by atoms with E-state index in [4.69, 9.17) is 0 Å². The van der Waals surface area contributed by atoms with E-state index in [0.717, 1.165) is 19.5 Å². The largest absolute Gasteiger partial charge is 0.390 e. The van der Waals surface area contributed by atoms with Crippen molar-refractivity contribution in [2.24, 2.45) is 0 Å². The van der Waals surface area contributed by atoms with Crippen LogP contribution in [0.1, 0.15) is 33.6 Å². The van der Waals surface area contributed by atoms with Crippen molar-refractivity contribution < 1.29 is 5.11 Å². The summed E-state index contributed by atoms with van der Waals surface area (Å²) in [5.74, 6) is 0. The molecule has 0 aromatic carbocycles. The van der Waals surface area contributed by atoms with Crippen molar-refractivity contribution in [3.63, 3.8) is 0 Å². The molecule has 1 unspecified atom stereocenters. The predicted molar refractivity (Wildman–Crippen MR) is 64.1 cm³/mol. The molecule has 15 heavy (non-hydrogen) atoms. The first-order chi connectivity index (χ1) is 6.88. The third-order valence-corrected chi connectivity index (χ3v) is 3.20. The van der Waals surface area contributed by atoms with Crippen molar-refractivity contribution in [3.05, 3.63) is 0 Å². The standard InChI is InChI=1S/C12H26N2O/c1-11-10-13(4)7-5-8-14(11)9-6-12(2,3)15/h11,15H,5-10H2,1-4H3. The van der Waals surface area contributed by atoms with Crippen LogP contribution in [0.5, 0.6) is 0 Å². The highest BCUT2D eigenvalue weighted by molar-refractivity contribution is 4.77. The van der Waals surface area contributed by atoms with E-state index < -0.39 is 5.60 Å². The minimum absolute atomic E-state index is 0.530. The van der Waals surface area contributed by atoms with E-state index in [1.54, 1.807) is 0 Å². The SMILES string of the molecule is CC1CN(C)CCCN1CCC(C)(C)O. The summed E-state index contributed by atoms with van der Waals surface area (Å²) < 4.78 is 0. The van der Waals surface area contributed by atoms with Crippen molar-refractivity contribution in [1.82, 2.24) is 9.80 Å². The van der Waals surface area contributed by atoms with Gasteiger partial charge < -0.3 is 10.0 Å². The Kier molecular flexibility index (Phi) is 4.56. The summed E-state index contributed by atoms with van der Waals surface area (Å²) >= 11 is 0. The monoisotopic (exact) mass is 214 g/mol. The topological polar surface area (TPSA) is 26.7 Å². The van der Waals surface area contributed by atoms with Gasteiger partial charge in [-0.1, -0.05) is 0 Å². The summed E-state index contributed by atoms with van der Waals surface area (Å²) in [7, 11) is 2.19. The summed E-state index contributed by atoms with van der Waals surface area (Å²) in [6, 6.07) is 0.611. The molecule has 0 bridgehead atoms. The molecule has 0 spiro atoms. The number of rotatable bonds is 3. The molecule has 0 amide bonds. The van der Waals surface area contributed by atoms with Crippen LogP contribution in [0, 0.1) is 0 Å². The molecule has 0 aliphatic carbocycles. The first-order valence-electron chi connectivity index (χ1n) is 6.03. The zero-order valence-corrected chi connectivity index (χ0v) is 10.7. The molecule has 1 fully saturated rings. The molecule has 1 rings (SSSR count). The second-order valence-electron chi connectivity index (χ2n) is 5.56. The van der Waals surface area contributed by atoms with Crippen molar-refractivity contribution in [2.45, 2.75) is 45.3 Å². The van der Waals surface area contributed by atoms with Crippen LogP contribution in [0.15, 0.2) is 0 Å². The number of aliphatic hydroxyl groups is 1. The van der Waals surface area contributed by atoms with Gasteiger partial charge in [-0.05, 0) is 53.8 Å². The highest BCUT2D eigenvalue weighted by Gasteiger charge is 2.21. The summed E-state index contributed by atoms with van der Waals surface area (Å²) in [6.45, 7) is 10.6. The lowest BCUT2D eigenvalue weighted by molar-refractivity contribution is 0.0524. The van der Waals surface area contributed by atoms with Gasteiger partial charge in [0.2, 0.25) is 0 Å². The molecule has 1 aliphatic rings. The van der Waals surface area contributed by atoms with Crippen molar-refractivity contribution in [2.75, 3.05) is 33.2 Å². The Balaban J connectivity index is 2.39. The molecule has 90 valence electrons. The van der Waals surface area contributed by atoms with Crippen LogP contribution in [-0.2, 0) is 0 Å². The zero-order chi connectivity index (χ0) is 11.5. The maximum atomic E-state index is 9.72. The van der Waals surface area contributed by atoms with Gasteiger partial charge >= 0.3 is 0 Å². The lowest BCUT2D eigenvalue weighted by Crippen LogP contribution is -2.40. The van der Waals surface area contributed by atoms with Gasteiger partial charge in [-0.25, -0.2) is 0 Å². The van der Waals surface area contributed by atoms with E-state index in [0.29, 0.717) is 6.04 Å². The molecule has 0 radical (unpaired) electrons. The second-order valence-corrected chi connectivity index (χ2v) is 5.56. The minimum Gasteiger partial charge on any atom is -0.390 e. The lowest BCUT2D eigenvalue weighted by Gasteiger charge is -2.30. The maximum Gasteiger partial charge on any atom is 0.0603 e.